The second kappa shape index (κ2) is 6.32. The quantitative estimate of drug-likeness (QED) is 0.760. The van der Waals surface area contributed by atoms with Crippen molar-refractivity contribution in [1.82, 2.24) is 5.32 Å². The van der Waals surface area contributed by atoms with Gasteiger partial charge in [0.15, 0.2) is 5.78 Å². The number of thiophene rings is 1. The van der Waals surface area contributed by atoms with Gasteiger partial charge in [0.05, 0.1) is 4.88 Å². The van der Waals surface area contributed by atoms with E-state index < -0.39 is 11.9 Å². The average Bonchev–Trinajstić information content (AvgIpc) is 3.07. The van der Waals surface area contributed by atoms with Crippen molar-refractivity contribution in [1.29, 1.82) is 0 Å². The highest BCUT2D eigenvalue weighted by Gasteiger charge is 2.40. The fraction of sp³-hybridized carbons (Fsp3) is 0.300. The van der Waals surface area contributed by atoms with Gasteiger partial charge in [-0.3, -0.25) is 9.79 Å². The summed E-state index contributed by atoms with van der Waals surface area (Å²) in [5, 5.41) is 5.65. The van der Waals surface area contributed by atoms with Gasteiger partial charge in [-0.2, -0.15) is 0 Å². The summed E-state index contributed by atoms with van der Waals surface area (Å²) in [4.78, 5) is 18.7. The highest BCUT2D eigenvalue weighted by atomic mass is 35.5. The number of nitrogens with zero attached hydrogens (tertiary/aromatic N) is 1. The standard InChI is InChI=1S/C20H18ClFN2OS/c1-20(2)9-14-17(15(25)10-20)18(12-6-5-11(22)8-13(12)21)24-19(23-14)16-4-3-7-26-16/h3-8,18H,9-10H2,1-2H3,(H,23,24). The van der Waals surface area contributed by atoms with Crippen LogP contribution in [0.3, 0.4) is 0 Å². The maximum Gasteiger partial charge on any atom is 0.163 e. The highest BCUT2D eigenvalue weighted by molar-refractivity contribution is 7.12. The van der Waals surface area contributed by atoms with Crippen LogP contribution in [0.1, 0.15) is 43.2 Å². The van der Waals surface area contributed by atoms with Crippen LogP contribution >= 0.6 is 22.9 Å². The van der Waals surface area contributed by atoms with E-state index >= 15 is 0 Å². The lowest BCUT2D eigenvalue weighted by Gasteiger charge is -2.37. The molecule has 2 heterocycles. The van der Waals surface area contributed by atoms with Gasteiger partial charge in [0.2, 0.25) is 0 Å². The molecule has 0 saturated carbocycles. The second-order valence-electron chi connectivity index (χ2n) is 7.48. The Bertz CT molecular complexity index is 947. The highest BCUT2D eigenvalue weighted by Crippen LogP contribution is 2.44. The molecule has 1 aliphatic carbocycles. The molecule has 1 aliphatic heterocycles. The van der Waals surface area contributed by atoms with Crippen molar-refractivity contribution in [3.05, 3.63) is 68.3 Å². The first-order valence-electron chi connectivity index (χ1n) is 8.44. The van der Waals surface area contributed by atoms with Crippen LogP contribution in [0.5, 0.6) is 0 Å². The number of rotatable bonds is 2. The number of halogens is 2. The number of amidine groups is 1. The molecule has 2 aliphatic rings. The maximum absolute atomic E-state index is 13.5. The van der Waals surface area contributed by atoms with Gasteiger partial charge >= 0.3 is 0 Å². The van der Waals surface area contributed by atoms with Gasteiger partial charge in [-0.25, -0.2) is 4.39 Å². The number of hydrogen-bond donors (Lipinski definition) is 1. The molecule has 0 saturated heterocycles. The molecule has 0 fully saturated rings. The van der Waals surface area contributed by atoms with Crippen molar-refractivity contribution in [2.24, 2.45) is 10.4 Å². The zero-order chi connectivity index (χ0) is 18.5. The largest absolute Gasteiger partial charge is 0.342 e. The molecule has 3 nitrogen and oxygen atoms in total. The van der Waals surface area contributed by atoms with E-state index in [9.17, 15) is 9.18 Å². The molecular formula is C20H18ClFN2OS. The summed E-state index contributed by atoms with van der Waals surface area (Å²) in [6, 6.07) is 7.70. The van der Waals surface area contributed by atoms with Crippen LogP contribution in [0.4, 0.5) is 4.39 Å². The molecular weight excluding hydrogens is 371 g/mol. The fourth-order valence-electron chi connectivity index (χ4n) is 3.62. The maximum atomic E-state index is 13.5. The minimum absolute atomic E-state index is 0.0723. The average molecular weight is 389 g/mol. The summed E-state index contributed by atoms with van der Waals surface area (Å²) < 4.78 is 13.5. The summed E-state index contributed by atoms with van der Waals surface area (Å²) >= 11 is 7.89. The molecule has 0 radical (unpaired) electrons. The van der Waals surface area contributed by atoms with E-state index in [2.05, 4.69) is 19.2 Å². The molecule has 1 aromatic carbocycles. The number of carbonyl (C=O) groups is 1. The Labute approximate surface area is 160 Å². The number of benzene rings is 1. The van der Waals surface area contributed by atoms with Gasteiger partial charge in [0.1, 0.15) is 17.7 Å². The lowest BCUT2D eigenvalue weighted by Crippen LogP contribution is -2.39. The van der Waals surface area contributed by atoms with E-state index in [1.165, 1.54) is 12.1 Å². The van der Waals surface area contributed by atoms with Gasteiger partial charge < -0.3 is 5.32 Å². The minimum Gasteiger partial charge on any atom is -0.342 e. The summed E-state index contributed by atoms with van der Waals surface area (Å²) in [6.07, 6.45) is 1.22. The zero-order valence-electron chi connectivity index (χ0n) is 14.5. The first-order chi connectivity index (χ1) is 12.3. The van der Waals surface area contributed by atoms with Gasteiger partial charge in [-0.1, -0.05) is 37.6 Å². The van der Waals surface area contributed by atoms with Gasteiger partial charge in [-0.15, -0.1) is 11.3 Å². The molecule has 1 unspecified atom stereocenters. The second-order valence-corrected chi connectivity index (χ2v) is 8.84. The Kier molecular flexibility index (Phi) is 4.24. The van der Waals surface area contributed by atoms with Gasteiger partial charge in [0, 0.05) is 28.3 Å². The lowest BCUT2D eigenvalue weighted by atomic mass is 9.73. The summed E-state index contributed by atoms with van der Waals surface area (Å²) in [5.41, 5.74) is 2.09. The SMILES string of the molecule is CC1(C)CC(=O)C2=C(C1)NC(c1cccs1)=NC2c1ccc(F)cc1Cl. The first kappa shape index (κ1) is 17.4. The topological polar surface area (TPSA) is 41.5 Å². The lowest BCUT2D eigenvalue weighted by molar-refractivity contribution is -0.118. The van der Waals surface area contributed by atoms with E-state index in [0.29, 0.717) is 17.6 Å². The molecule has 6 heteroatoms. The molecule has 0 spiro atoms. The smallest absolute Gasteiger partial charge is 0.163 e. The molecule has 0 amide bonds. The molecule has 4 rings (SSSR count). The number of nitrogens with one attached hydrogen (secondary N) is 1. The Hall–Kier alpha value is -1.98. The number of aliphatic imine (C=N–C) groups is 1. The van der Waals surface area contributed by atoms with E-state index in [-0.39, 0.29) is 16.2 Å². The monoisotopic (exact) mass is 388 g/mol. The molecule has 1 aromatic heterocycles. The van der Waals surface area contributed by atoms with Crippen molar-refractivity contribution in [3.8, 4) is 0 Å². The van der Waals surface area contributed by atoms with Crippen molar-refractivity contribution < 1.29 is 9.18 Å². The minimum atomic E-state index is -0.514. The zero-order valence-corrected chi connectivity index (χ0v) is 16.0. The molecule has 134 valence electrons. The summed E-state index contributed by atoms with van der Waals surface area (Å²) in [7, 11) is 0. The van der Waals surface area contributed by atoms with E-state index in [0.717, 1.165) is 22.8 Å². The normalized spacial score (nSPS) is 21.9. The van der Waals surface area contributed by atoms with Crippen LogP contribution in [0.15, 0.2) is 52.0 Å². The van der Waals surface area contributed by atoms with Crippen LogP contribution in [-0.4, -0.2) is 11.6 Å². The van der Waals surface area contributed by atoms with Crippen molar-refractivity contribution in [2.75, 3.05) is 0 Å². The number of allylic oxidation sites excluding steroid dienone is 1. The molecule has 0 bridgehead atoms. The third kappa shape index (κ3) is 3.10. The molecule has 1 atom stereocenters. The third-order valence-electron chi connectivity index (χ3n) is 4.73. The first-order valence-corrected chi connectivity index (χ1v) is 9.70. The van der Waals surface area contributed by atoms with Crippen LogP contribution in [0, 0.1) is 11.2 Å². The fourth-order valence-corrected chi connectivity index (χ4v) is 4.57. The van der Waals surface area contributed by atoms with Crippen molar-refractivity contribution in [2.45, 2.75) is 32.7 Å². The number of carbonyl (C=O) groups excluding carboxylic acids is 1. The Morgan fingerprint density at radius 1 is 1.31 bits per heavy atom. The van der Waals surface area contributed by atoms with Crippen molar-refractivity contribution >= 4 is 34.6 Å². The van der Waals surface area contributed by atoms with Crippen molar-refractivity contribution in [3.63, 3.8) is 0 Å². The molecule has 2 aromatic rings. The van der Waals surface area contributed by atoms with Crippen LogP contribution in [0.25, 0.3) is 0 Å². The van der Waals surface area contributed by atoms with Crippen LogP contribution < -0.4 is 5.32 Å². The van der Waals surface area contributed by atoms with Crippen LogP contribution in [0.2, 0.25) is 5.02 Å². The number of ketones is 1. The van der Waals surface area contributed by atoms with Gasteiger partial charge in [0.25, 0.3) is 0 Å². The number of hydrogen-bond acceptors (Lipinski definition) is 4. The Morgan fingerprint density at radius 2 is 2.12 bits per heavy atom. The summed E-state index contributed by atoms with van der Waals surface area (Å²) in [6.45, 7) is 4.18. The Morgan fingerprint density at radius 3 is 2.81 bits per heavy atom. The summed E-state index contributed by atoms with van der Waals surface area (Å²) in [5.74, 6) is 0.401. The predicted octanol–water partition coefficient (Wildman–Crippen LogP) is 5.27. The number of Topliss-reactive ketones (excluding diaryl/α,β-unsaturated/α-hetero) is 1. The third-order valence-corrected chi connectivity index (χ3v) is 5.94. The van der Waals surface area contributed by atoms with E-state index in [1.807, 2.05) is 17.5 Å². The molecule has 26 heavy (non-hydrogen) atoms. The Balaban J connectivity index is 1.87. The van der Waals surface area contributed by atoms with Gasteiger partial charge in [-0.05, 0) is 35.4 Å². The van der Waals surface area contributed by atoms with E-state index in [4.69, 9.17) is 16.6 Å². The van der Waals surface area contributed by atoms with Crippen LogP contribution in [-0.2, 0) is 4.79 Å². The predicted molar refractivity (Wildman–Crippen MR) is 103 cm³/mol. The molecule has 1 N–H and O–H groups in total. The van der Waals surface area contributed by atoms with E-state index in [1.54, 1.807) is 17.4 Å².